The standard InChI is InChI=1S/C12H11Cl3N2O2/c1-18-10-5-2-9(3-6-10)4-7-11-16-17(8-19-11)12(13,14)15/h2-7H,8H2,1H3. The van der Waals surface area contributed by atoms with Crippen LogP contribution in [0.5, 0.6) is 5.75 Å². The predicted molar refractivity (Wildman–Crippen MR) is 77.5 cm³/mol. The van der Waals surface area contributed by atoms with E-state index in [1.54, 1.807) is 13.2 Å². The normalized spacial score (nSPS) is 15.6. The van der Waals surface area contributed by atoms with Gasteiger partial charge >= 0.3 is 0 Å². The number of hydrazone groups is 1. The third kappa shape index (κ3) is 3.93. The van der Waals surface area contributed by atoms with E-state index >= 15 is 0 Å². The summed E-state index contributed by atoms with van der Waals surface area (Å²) in [6, 6.07) is 7.56. The Morgan fingerprint density at radius 3 is 2.47 bits per heavy atom. The Labute approximate surface area is 126 Å². The molecule has 1 aliphatic heterocycles. The van der Waals surface area contributed by atoms with Crippen LogP contribution in [0.1, 0.15) is 5.56 Å². The minimum absolute atomic E-state index is 0.110. The lowest BCUT2D eigenvalue weighted by Gasteiger charge is -2.19. The van der Waals surface area contributed by atoms with Gasteiger partial charge in [-0.05, 0) is 23.8 Å². The van der Waals surface area contributed by atoms with Crippen molar-refractivity contribution in [3.8, 4) is 5.75 Å². The van der Waals surface area contributed by atoms with Crippen LogP contribution in [0.2, 0.25) is 0 Å². The summed E-state index contributed by atoms with van der Waals surface area (Å²) in [5, 5.41) is 5.26. The van der Waals surface area contributed by atoms with Crippen LogP contribution in [-0.2, 0) is 4.74 Å². The summed E-state index contributed by atoms with van der Waals surface area (Å²) in [4.78, 5) is 0. The lowest BCUT2D eigenvalue weighted by molar-refractivity contribution is 0.168. The fraction of sp³-hybridized carbons (Fsp3) is 0.250. The molecule has 2 rings (SSSR count). The molecule has 0 bridgehead atoms. The van der Waals surface area contributed by atoms with Crippen LogP contribution in [0.3, 0.4) is 0 Å². The van der Waals surface area contributed by atoms with Crippen LogP contribution in [0, 0.1) is 0 Å². The minimum Gasteiger partial charge on any atom is -0.497 e. The summed E-state index contributed by atoms with van der Waals surface area (Å²) in [6.45, 7) is 0.110. The molecule has 0 atom stereocenters. The average molecular weight is 322 g/mol. The molecule has 19 heavy (non-hydrogen) atoms. The van der Waals surface area contributed by atoms with Crippen molar-refractivity contribution < 1.29 is 9.47 Å². The van der Waals surface area contributed by atoms with Crippen LogP contribution in [0.15, 0.2) is 35.4 Å². The molecule has 1 aliphatic rings. The first-order valence-corrected chi connectivity index (χ1v) is 6.50. The van der Waals surface area contributed by atoms with Crippen molar-refractivity contribution in [3.63, 3.8) is 0 Å². The number of alkyl halides is 3. The molecule has 0 spiro atoms. The first-order chi connectivity index (χ1) is 8.99. The van der Waals surface area contributed by atoms with Crippen molar-refractivity contribution in [1.82, 2.24) is 5.01 Å². The smallest absolute Gasteiger partial charge is 0.285 e. The monoisotopic (exact) mass is 320 g/mol. The zero-order valence-electron chi connectivity index (χ0n) is 10.0. The van der Waals surface area contributed by atoms with E-state index in [4.69, 9.17) is 44.3 Å². The van der Waals surface area contributed by atoms with Gasteiger partial charge in [0, 0.05) is 6.08 Å². The molecule has 4 nitrogen and oxygen atoms in total. The van der Waals surface area contributed by atoms with Gasteiger partial charge in [-0.25, -0.2) is 5.01 Å². The molecular formula is C12H11Cl3N2O2. The molecule has 0 aromatic heterocycles. The van der Waals surface area contributed by atoms with Gasteiger partial charge in [0.2, 0.25) is 5.90 Å². The predicted octanol–water partition coefficient (Wildman–Crippen LogP) is 3.64. The summed E-state index contributed by atoms with van der Waals surface area (Å²) in [5.41, 5.74) is 0.986. The summed E-state index contributed by atoms with van der Waals surface area (Å²) < 4.78 is 8.74. The number of methoxy groups -OCH3 is 1. The number of ether oxygens (including phenoxy) is 2. The van der Waals surface area contributed by atoms with Gasteiger partial charge in [-0.2, -0.15) is 0 Å². The van der Waals surface area contributed by atoms with Crippen molar-refractivity contribution in [2.45, 2.75) is 3.92 Å². The van der Waals surface area contributed by atoms with Crippen molar-refractivity contribution in [1.29, 1.82) is 0 Å². The van der Waals surface area contributed by atoms with E-state index in [1.807, 2.05) is 30.3 Å². The van der Waals surface area contributed by atoms with E-state index < -0.39 is 3.92 Å². The number of rotatable bonds is 3. The van der Waals surface area contributed by atoms with E-state index in [1.165, 1.54) is 5.01 Å². The number of halogens is 3. The van der Waals surface area contributed by atoms with Gasteiger partial charge in [-0.15, -0.1) is 5.10 Å². The molecular weight excluding hydrogens is 311 g/mol. The quantitative estimate of drug-likeness (QED) is 0.629. The van der Waals surface area contributed by atoms with Crippen molar-refractivity contribution in [2.75, 3.05) is 13.8 Å². The highest BCUT2D eigenvalue weighted by Crippen LogP contribution is 2.32. The van der Waals surface area contributed by atoms with Crippen molar-refractivity contribution in [3.05, 3.63) is 35.9 Å². The Bertz CT molecular complexity index is 495. The van der Waals surface area contributed by atoms with E-state index in [0.717, 1.165) is 11.3 Å². The van der Waals surface area contributed by atoms with Gasteiger partial charge in [-0.3, -0.25) is 0 Å². The molecule has 0 saturated carbocycles. The van der Waals surface area contributed by atoms with E-state index in [0.29, 0.717) is 5.90 Å². The topological polar surface area (TPSA) is 34.1 Å². The Kier molecular flexibility index (Phi) is 4.45. The first kappa shape index (κ1) is 14.3. The Morgan fingerprint density at radius 1 is 1.26 bits per heavy atom. The maximum atomic E-state index is 5.69. The zero-order valence-corrected chi connectivity index (χ0v) is 12.3. The number of hydrogen-bond donors (Lipinski definition) is 0. The number of nitrogens with zero attached hydrogens (tertiary/aromatic N) is 2. The van der Waals surface area contributed by atoms with Crippen molar-refractivity contribution in [2.24, 2.45) is 5.10 Å². The van der Waals surface area contributed by atoms with E-state index in [2.05, 4.69) is 5.10 Å². The second kappa shape index (κ2) is 5.90. The molecule has 0 N–H and O–H groups in total. The third-order valence-corrected chi connectivity index (χ3v) is 2.97. The maximum Gasteiger partial charge on any atom is 0.285 e. The largest absolute Gasteiger partial charge is 0.497 e. The summed E-state index contributed by atoms with van der Waals surface area (Å²) >= 11 is 17.1. The van der Waals surface area contributed by atoms with E-state index in [9.17, 15) is 0 Å². The lowest BCUT2D eigenvalue weighted by Crippen LogP contribution is -2.28. The summed E-state index contributed by atoms with van der Waals surface area (Å²) in [7, 11) is 1.62. The highest BCUT2D eigenvalue weighted by Gasteiger charge is 2.32. The molecule has 0 amide bonds. The molecule has 0 radical (unpaired) electrons. The van der Waals surface area contributed by atoms with Gasteiger partial charge in [0.1, 0.15) is 5.75 Å². The Morgan fingerprint density at radius 2 is 1.95 bits per heavy atom. The van der Waals surface area contributed by atoms with Gasteiger partial charge in [0.25, 0.3) is 3.92 Å². The second-order valence-electron chi connectivity index (χ2n) is 3.69. The third-order valence-electron chi connectivity index (χ3n) is 2.38. The van der Waals surface area contributed by atoms with Crippen LogP contribution in [0.25, 0.3) is 6.08 Å². The maximum absolute atomic E-state index is 5.69. The fourth-order valence-corrected chi connectivity index (χ4v) is 1.66. The summed E-state index contributed by atoms with van der Waals surface area (Å²) in [5.74, 6) is 1.19. The van der Waals surface area contributed by atoms with Crippen LogP contribution in [-0.4, -0.2) is 28.7 Å². The Hall–Kier alpha value is -1.10. The molecule has 1 heterocycles. The van der Waals surface area contributed by atoms with Gasteiger partial charge in [0.15, 0.2) is 6.73 Å². The highest BCUT2D eigenvalue weighted by molar-refractivity contribution is 6.67. The first-order valence-electron chi connectivity index (χ1n) is 5.37. The number of hydrogen-bond acceptors (Lipinski definition) is 4. The van der Waals surface area contributed by atoms with Gasteiger partial charge in [0.05, 0.1) is 7.11 Å². The molecule has 0 saturated heterocycles. The minimum atomic E-state index is -1.60. The van der Waals surface area contributed by atoms with Crippen LogP contribution >= 0.6 is 34.8 Å². The number of benzene rings is 1. The van der Waals surface area contributed by atoms with Gasteiger partial charge < -0.3 is 9.47 Å². The van der Waals surface area contributed by atoms with Crippen molar-refractivity contribution >= 4 is 46.8 Å². The Balaban J connectivity index is 2.03. The van der Waals surface area contributed by atoms with Gasteiger partial charge in [-0.1, -0.05) is 46.9 Å². The van der Waals surface area contributed by atoms with E-state index in [-0.39, 0.29) is 6.73 Å². The fourth-order valence-electron chi connectivity index (χ4n) is 1.40. The summed E-state index contributed by atoms with van der Waals surface area (Å²) in [6.07, 6.45) is 3.55. The second-order valence-corrected chi connectivity index (χ2v) is 5.91. The molecule has 0 aliphatic carbocycles. The molecule has 1 aromatic rings. The lowest BCUT2D eigenvalue weighted by atomic mass is 10.2. The molecule has 102 valence electrons. The average Bonchev–Trinajstić information content (AvgIpc) is 2.86. The van der Waals surface area contributed by atoms with Crippen LogP contribution < -0.4 is 4.74 Å². The zero-order chi connectivity index (χ0) is 13.9. The molecule has 0 unspecified atom stereocenters. The molecule has 7 heteroatoms. The van der Waals surface area contributed by atoms with Crippen LogP contribution in [0.4, 0.5) is 0 Å². The SMILES string of the molecule is COc1ccc(C=CC2=NN(C(Cl)(Cl)Cl)CO2)cc1. The highest BCUT2D eigenvalue weighted by atomic mass is 35.6. The molecule has 0 fully saturated rings. The molecule has 1 aromatic carbocycles.